The van der Waals surface area contributed by atoms with Gasteiger partial charge in [0.2, 0.25) is 11.8 Å². The lowest BCUT2D eigenvalue weighted by Crippen LogP contribution is -2.52. The summed E-state index contributed by atoms with van der Waals surface area (Å²) >= 11 is 0. The molecule has 0 saturated carbocycles. The third-order valence-electron chi connectivity index (χ3n) is 5.52. The lowest BCUT2D eigenvalue weighted by molar-refractivity contribution is -0.136. The summed E-state index contributed by atoms with van der Waals surface area (Å²) in [5.41, 5.74) is 1.82. The molecule has 1 atom stereocenters. The normalized spacial score (nSPS) is 18.0. The van der Waals surface area contributed by atoms with Crippen LogP contribution in [0.2, 0.25) is 0 Å². The van der Waals surface area contributed by atoms with Crippen LogP contribution >= 0.6 is 0 Å². The van der Waals surface area contributed by atoms with E-state index in [1.165, 1.54) is 24.1 Å². The number of rotatable bonds is 3. The van der Waals surface area contributed by atoms with Crippen molar-refractivity contribution >= 4 is 29.5 Å². The van der Waals surface area contributed by atoms with Crippen LogP contribution in [0.4, 0.5) is 14.9 Å². The number of carbonyl (C=O) groups is 4. The van der Waals surface area contributed by atoms with Crippen LogP contribution in [0.5, 0.6) is 5.75 Å². The fourth-order valence-corrected chi connectivity index (χ4v) is 3.66. The lowest BCUT2D eigenvalue weighted by Gasteiger charge is -2.29. The van der Waals surface area contributed by atoms with Crippen LogP contribution in [-0.2, 0) is 16.1 Å². The van der Waals surface area contributed by atoms with Crippen molar-refractivity contribution in [3.05, 3.63) is 58.9 Å². The molecule has 0 aromatic heterocycles. The first-order chi connectivity index (χ1) is 14.7. The molecule has 1 saturated heterocycles. The second-order valence-electron chi connectivity index (χ2n) is 7.58. The van der Waals surface area contributed by atoms with Crippen molar-refractivity contribution in [2.75, 3.05) is 11.9 Å². The number of halogens is 1. The second-order valence-corrected chi connectivity index (χ2v) is 7.58. The fraction of sp³-hybridized carbons (Fsp3) is 0.273. The molecule has 0 aliphatic carbocycles. The van der Waals surface area contributed by atoms with Crippen molar-refractivity contribution in [1.82, 2.24) is 10.2 Å². The molecule has 8 nitrogen and oxygen atoms in total. The van der Waals surface area contributed by atoms with E-state index in [0.717, 1.165) is 4.90 Å². The van der Waals surface area contributed by atoms with E-state index in [0.29, 0.717) is 22.4 Å². The molecule has 2 aromatic rings. The van der Waals surface area contributed by atoms with Gasteiger partial charge in [0.1, 0.15) is 17.6 Å². The molecule has 0 spiro atoms. The Bertz CT molecular complexity index is 1120. The van der Waals surface area contributed by atoms with Gasteiger partial charge >= 0.3 is 6.09 Å². The standard InChI is InChI=1S/C22H20FN3O5/c1-12-3-5-14(9-17(12)23)25(2)22(30)31-15-6-4-13-11-26(21(29)16(13)10-15)18-7-8-19(27)24-20(18)28/h3-6,9-10,18H,7-8,11H2,1-2H3,(H,24,27,28). The van der Waals surface area contributed by atoms with Gasteiger partial charge in [0.05, 0.1) is 0 Å². The summed E-state index contributed by atoms with van der Waals surface area (Å²) in [6, 6.07) is 8.35. The van der Waals surface area contributed by atoms with Crippen LogP contribution in [0.3, 0.4) is 0 Å². The van der Waals surface area contributed by atoms with E-state index in [1.807, 2.05) is 0 Å². The van der Waals surface area contributed by atoms with Crippen LogP contribution in [0.15, 0.2) is 36.4 Å². The Morgan fingerprint density at radius 2 is 1.97 bits per heavy atom. The van der Waals surface area contributed by atoms with Gasteiger partial charge in [0.25, 0.3) is 5.91 Å². The molecule has 1 fully saturated rings. The van der Waals surface area contributed by atoms with E-state index in [4.69, 9.17) is 4.74 Å². The van der Waals surface area contributed by atoms with Crippen molar-refractivity contribution in [2.24, 2.45) is 0 Å². The molecule has 4 amide bonds. The predicted molar refractivity (Wildman–Crippen MR) is 108 cm³/mol. The Morgan fingerprint density at radius 1 is 1.19 bits per heavy atom. The molecule has 2 heterocycles. The van der Waals surface area contributed by atoms with E-state index < -0.39 is 23.9 Å². The zero-order valence-electron chi connectivity index (χ0n) is 17.0. The van der Waals surface area contributed by atoms with Gasteiger partial charge in [-0.1, -0.05) is 12.1 Å². The van der Waals surface area contributed by atoms with Crippen LogP contribution < -0.4 is 15.0 Å². The molecular weight excluding hydrogens is 405 g/mol. The third kappa shape index (κ3) is 3.86. The van der Waals surface area contributed by atoms with Gasteiger partial charge in [-0.2, -0.15) is 0 Å². The molecule has 2 aliphatic rings. The molecule has 4 rings (SSSR count). The number of fused-ring (bicyclic) bond motifs is 1. The number of nitrogens with one attached hydrogen (secondary N) is 1. The van der Waals surface area contributed by atoms with Gasteiger partial charge < -0.3 is 9.64 Å². The Labute approximate surface area is 177 Å². The first-order valence-electron chi connectivity index (χ1n) is 9.74. The Kier molecular flexibility index (Phi) is 5.18. The summed E-state index contributed by atoms with van der Waals surface area (Å²) < 4.78 is 19.2. The maximum atomic E-state index is 13.8. The number of aryl methyl sites for hydroxylation is 1. The van der Waals surface area contributed by atoms with Gasteiger partial charge in [0.15, 0.2) is 0 Å². The smallest absolute Gasteiger partial charge is 0.410 e. The molecule has 1 unspecified atom stereocenters. The highest BCUT2D eigenvalue weighted by Crippen LogP contribution is 2.30. The highest BCUT2D eigenvalue weighted by Gasteiger charge is 2.39. The quantitative estimate of drug-likeness (QED) is 0.763. The highest BCUT2D eigenvalue weighted by molar-refractivity contribution is 6.05. The van der Waals surface area contributed by atoms with E-state index in [2.05, 4.69) is 5.32 Å². The lowest BCUT2D eigenvalue weighted by atomic mass is 10.0. The summed E-state index contributed by atoms with van der Waals surface area (Å²) in [4.78, 5) is 51.4. The molecule has 0 radical (unpaired) electrons. The van der Waals surface area contributed by atoms with E-state index in [1.54, 1.807) is 31.2 Å². The van der Waals surface area contributed by atoms with Gasteiger partial charge in [-0.3, -0.25) is 24.6 Å². The first-order valence-corrected chi connectivity index (χ1v) is 9.74. The first kappa shape index (κ1) is 20.5. The van der Waals surface area contributed by atoms with E-state index >= 15 is 0 Å². The number of ether oxygens (including phenoxy) is 1. The fourth-order valence-electron chi connectivity index (χ4n) is 3.66. The number of hydrogen-bond donors (Lipinski definition) is 1. The van der Waals surface area contributed by atoms with Crippen molar-refractivity contribution in [1.29, 1.82) is 0 Å². The molecule has 9 heteroatoms. The molecule has 31 heavy (non-hydrogen) atoms. The molecular formula is C22H20FN3O5. The summed E-state index contributed by atoms with van der Waals surface area (Å²) in [5.74, 6) is -1.49. The number of piperidine rings is 1. The van der Waals surface area contributed by atoms with Gasteiger partial charge in [-0.05, 0) is 48.7 Å². The summed E-state index contributed by atoms with van der Waals surface area (Å²) in [6.07, 6.45) is -0.300. The number of anilines is 1. The second kappa shape index (κ2) is 7.82. The zero-order chi connectivity index (χ0) is 22.3. The number of amides is 4. The molecule has 160 valence electrons. The number of nitrogens with zero attached hydrogens (tertiary/aromatic N) is 2. The summed E-state index contributed by atoms with van der Waals surface area (Å²) in [7, 11) is 1.45. The van der Waals surface area contributed by atoms with E-state index in [-0.39, 0.29) is 37.0 Å². The van der Waals surface area contributed by atoms with Crippen molar-refractivity contribution in [3.8, 4) is 5.75 Å². The number of imide groups is 1. The Hall–Kier alpha value is -3.75. The number of carbonyl (C=O) groups excluding carboxylic acids is 4. The molecule has 2 aliphatic heterocycles. The van der Waals surface area contributed by atoms with Crippen LogP contribution in [0.25, 0.3) is 0 Å². The van der Waals surface area contributed by atoms with Gasteiger partial charge in [0, 0.05) is 31.3 Å². The van der Waals surface area contributed by atoms with Crippen molar-refractivity contribution < 1.29 is 28.3 Å². The summed E-state index contributed by atoms with van der Waals surface area (Å²) in [6.45, 7) is 1.86. The zero-order valence-corrected chi connectivity index (χ0v) is 17.0. The molecule has 0 bridgehead atoms. The third-order valence-corrected chi connectivity index (χ3v) is 5.52. The topological polar surface area (TPSA) is 96.0 Å². The minimum atomic E-state index is -0.740. The average Bonchev–Trinajstić information content (AvgIpc) is 3.05. The maximum Gasteiger partial charge on any atom is 0.419 e. The monoisotopic (exact) mass is 425 g/mol. The Morgan fingerprint density at radius 3 is 2.68 bits per heavy atom. The highest BCUT2D eigenvalue weighted by atomic mass is 19.1. The maximum absolute atomic E-state index is 13.8. The van der Waals surface area contributed by atoms with Crippen LogP contribution in [0, 0.1) is 12.7 Å². The molecule has 2 aromatic carbocycles. The van der Waals surface area contributed by atoms with Gasteiger partial charge in [-0.15, -0.1) is 0 Å². The van der Waals surface area contributed by atoms with Crippen LogP contribution in [0.1, 0.15) is 34.3 Å². The number of benzene rings is 2. The minimum absolute atomic E-state index is 0.154. The van der Waals surface area contributed by atoms with Gasteiger partial charge in [-0.25, -0.2) is 9.18 Å². The SMILES string of the molecule is Cc1ccc(N(C)C(=O)Oc2ccc3c(c2)C(=O)N(C2CCC(=O)NC2=O)C3)cc1F. The Balaban J connectivity index is 1.48. The van der Waals surface area contributed by atoms with Crippen molar-refractivity contribution in [3.63, 3.8) is 0 Å². The van der Waals surface area contributed by atoms with E-state index in [9.17, 15) is 23.6 Å². The summed E-state index contributed by atoms with van der Waals surface area (Å²) in [5, 5.41) is 2.25. The van der Waals surface area contributed by atoms with Crippen LogP contribution in [-0.4, -0.2) is 41.8 Å². The molecule has 1 N–H and O–H groups in total. The predicted octanol–water partition coefficient (Wildman–Crippen LogP) is 2.53. The number of hydrogen-bond acceptors (Lipinski definition) is 5. The average molecular weight is 425 g/mol. The largest absolute Gasteiger partial charge is 0.419 e. The minimum Gasteiger partial charge on any atom is -0.410 e. The van der Waals surface area contributed by atoms with Crippen molar-refractivity contribution in [2.45, 2.75) is 32.4 Å².